The van der Waals surface area contributed by atoms with E-state index in [1.54, 1.807) is 6.07 Å². The van der Waals surface area contributed by atoms with Crippen molar-refractivity contribution in [1.82, 2.24) is 10.2 Å². The Kier molecular flexibility index (Phi) is 5.94. The summed E-state index contributed by atoms with van der Waals surface area (Å²) in [5.74, 6) is 0.222. The quantitative estimate of drug-likeness (QED) is 0.632. The molecule has 4 aliphatic rings. The van der Waals surface area contributed by atoms with Gasteiger partial charge in [-0.3, -0.25) is 4.90 Å². The van der Waals surface area contributed by atoms with Gasteiger partial charge in [0.2, 0.25) is 0 Å². The summed E-state index contributed by atoms with van der Waals surface area (Å²) in [5, 5.41) is 3.13. The second-order valence-electron chi connectivity index (χ2n) is 10.7. The van der Waals surface area contributed by atoms with Crippen molar-refractivity contribution in [2.75, 3.05) is 19.6 Å². The standard InChI is InChI=1S/C28H35FN2O2/c1-4-18-5-7-19(8-6-18)22-15-21-9-12-28(2,3)26(23(21)16-24(22)29)30-27(32)33-25-17-31-13-10-20(25)11-14-31/h5-8,15-16,20,25-26H,4,9-14,17H2,1-3H3,(H,30,32)/t25-,26-/m0/s1. The van der Waals surface area contributed by atoms with Gasteiger partial charge in [0.25, 0.3) is 0 Å². The SMILES string of the molecule is CCc1ccc(-c2cc3c(cc2F)[C@H](NC(=O)O[C@H]2CN4CCC2CC4)C(C)(C)CC3)cc1. The van der Waals surface area contributed by atoms with E-state index in [0.717, 1.165) is 68.4 Å². The number of hydrogen-bond acceptors (Lipinski definition) is 3. The van der Waals surface area contributed by atoms with Crippen molar-refractivity contribution in [2.45, 2.75) is 65.0 Å². The van der Waals surface area contributed by atoms with Gasteiger partial charge in [-0.05, 0) is 90.9 Å². The first-order chi connectivity index (χ1) is 15.8. The molecule has 5 heteroatoms. The Hall–Kier alpha value is -2.40. The van der Waals surface area contributed by atoms with Gasteiger partial charge in [-0.25, -0.2) is 9.18 Å². The third kappa shape index (κ3) is 4.40. The molecule has 1 amide bonds. The maximum atomic E-state index is 15.3. The molecule has 176 valence electrons. The number of carbonyl (C=O) groups is 1. The molecule has 33 heavy (non-hydrogen) atoms. The molecule has 3 fully saturated rings. The zero-order valence-corrected chi connectivity index (χ0v) is 20.0. The van der Waals surface area contributed by atoms with Gasteiger partial charge in [0.1, 0.15) is 11.9 Å². The van der Waals surface area contributed by atoms with Crippen LogP contribution < -0.4 is 5.32 Å². The summed E-state index contributed by atoms with van der Waals surface area (Å²) in [4.78, 5) is 15.3. The predicted octanol–water partition coefficient (Wildman–Crippen LogP) is 5.89. The molecule has 0 radical (unpaired) electrons. The number of amides is 1. The van der Waals surface area contributed by atoms with Crippen molar-refractivity contribution in [3.05, 3.63) is 58.9 Å². The highest BCUT2D eigenvalue weighted by molar-refractivity contribution is 5.70. The van der Waals surface area contributed by atoms with Crippen molar-refractivity contribution in [1.29, 1.82) is 0 Å². The Labute approximate surface area is 196 Å². The molecule has 3 heterocycles. The van der Waals surface area contributed by atoms with Crippen LogP contribution in [0.1, 0.15) is 62.8 Å². The van der Waals surface area contributed by atoms with E-state index in [2.05, 4.69) is 43.1 Å². The largest absolute Gasteiger partial charge is 0.445 e. The third-order valence-corrected chi connectivity index (χ3v) is 8.15. The van der Waals surface area contributed by atoms with Crippen LogP contribution in [0.2, 0.25) is 0 Å². The number of rotatable bonds is 4. The van der Waals surface area contributed by atoms with Crippen molar-refractivity contribution in [3.8, 4) is 11.1 Å². The van der Waals surface area contributed by atoms with E-state index in [1.165, 1.54) is 5.56 Å². The van der Waals surface area contributed by atoms with Gasteiger partial charge in [0.05, 0.1) is 6.04 Å². The van der Waals surface area contributed by atoms with E-state index in [-0.39, 0.29) is 29.5 Å². The second-order valence-corrected chi connectivity index (χ2v) is 10.7. The van der Waals surface area contributed by atoms with Crippen molar-refractivity contribution < 1.29 is 13.9 Å². The van der Waals surface area contributed by atoms with Crippen LogP contribution in [0.3, 0.4) is 0 Å². The molecule has 0 saturated carbocycles. The van der Waals surface area contributed by atoms with E-state index in [4.69, 9.17) is 4.74 Å². The third-order valence-electron chi connectivity index (χ3n) is 8.15. The van der Waals surface area contributed by atoms with Crippen LogP contribution in [0.15, 0.2) is 36.4 Å². The van der Waals surface area contributed by atoms with Crippen molar-refractivity contribution >= 4 is 6.09 Å². The van der Waals surface area contributed by atoms with E-state index < -0.39 is 0 Å². The summed E-state index contributed by atoms with van der Waals surface area (Å²) < 4.78 is 21.2. The highest BCUT2D eigenvalue weighted by Gasteiger charge is 2.40. The number of hydrogen-bond donors (Lipinski definition) is 1. The fraction of sp³-hybridized carbons (Fsp3) is 0.536. The molecule has 3 aliphatic heterocycles. The number of carbonyl (C=O) groups excluding carboxylic acids is 1. The molecule has 3 saturated heterocycles. The average Bonchev–Trinajstić information content (AvgIpc) is 2.82. The maximum Gasteiger partial charge on any atom is 0.407 e. The summed E-state index contributed by atoms with van der Waals surface area (Å²) in [6, 6.07) is 11.5. The molecule has 2 aromatic carbocycles. The molecule has 2 atom stereocenters. The van der Waals surface area contributed by atoms with Crippen LogP contribution >= 0.6 is 0 Å². The molecule has 0 spiro atoms. The summed E-state index contributed by atoms with van der Waals surface area (Å²) in [7, 11) is 0. The molecule has 1 aliphatic carbocycles. The number of ether oxygens (including phenoxy) is 1. The zero-order valence-electron chi connectivity index (χ0n) is 20.0. The van der Waals surface area contributed by atoms with E-state index >= 15 is 4.39 Å². The number of fused-ring (bicyclic) bond motifs is 4. The van der Waals surface area contributed by atoms with Gasteiger partial charge < -0.3 is 10.1 Å². The Morgan fingerprint density at radius 2 is 1.91 bits per heavy atom. The van der Waals surface area contributed by atoms with E-state index in [0.29, 0.717) is 11.5 Å². The first kappa shape index (κ1) is 22.4. The maximum absolute atomic E-state index is 15.3. The number of aryl methyl sites for hydroxylation is 2. The summed E-state index contributed by atoms with van der Waals surface area (Å²) in [6.45, 7) is 9.45. The molecular formula is C28H35FN2O2. The van der Waals surface area contributed by atoms with Gasteiger partial charge in [-0.1, -0.05) is 45.0 Å². The van der Waals surface area contributed by atoms with Gasteiger partial charge in [-0.15, -0.1) is 0 Å². The van der Waals surface area contributed by atoms with Crippen LogP contribution in [0.5, 0.6) is 0 Å². The molecule has 1 N–H and O–H groups in total. The number of nitrogens with one attached hydrogen (secondary N) is 1. The molecule has 6 rings (SSSR count). The number of halogens is 1. The number of benzene rings is 2. The minimum absolute atomic E-state index is 0.0381. The van der Waals surface area contributed by atoms with Crippen LogP contribution in [-0.4, -0.2) is 36.7 Å². The van der Waals surface area contributed by atoms with Crippen LogP contribution in [0.25, 0.3) is 11.1 Å². The molecule has 4 nitrogen and oxygen atoms in total. The van der Waals surface area contributed by atoms with Crippen LogP contribution in [0.4, 0.5) is 9.18 Å². The zero-order chi connectivity index (χ0) is 23.2. The van der Waals surface area contributed by atoms with Gasteiger partial charge >= 0.3 is 6.09 Å². The topological polar surface area (TPSA) is 41.6 Å². The predicted molar refractivity (Wildman–Crippen MR) is 129 cm³/mol. The first-order valence-corrected chi connectivity index (χ1v) is 12.4. The van der Waals surface area contributed by atoms with E-state index in [1.807, 2.05) is 18.2 Å². The fourth-order valence-electron chi connectivity index (χ4n) is 5.89. The lowest BCUT2D eigenvalue weighted by atomic mass is 9.70. The Bertz CT molecular complexity index is 1020. The molecule has 2 bridgehead atoms. The molecular weight excluding hydrogens is 415 g/mol. The monoisotopic (exact) mass is 450 g/mol. The van der Waals surface area contributed by atoms with Gasteiger partial charge in [0, 0.05) is 12.1 Å². The average molecular weight is 451 g/mol. The van der Waals surface area contributed by atoms with Crippen molar-refractivity contribution in [3.63, 3.8) is 0 Å². The normalized spacial score (nSPS) is 27.6. The lowest BCUT2D eigenvalue weighted by molar-refractivity contribution is -0.0353. The lowest BCUT2D eigenvalue weighted by Gasteiger charge is -2.44. The van der Waals surface area contributed by atoms with Crippen molar-refractivity contribution in [2.24, 2.45) is 11.3 Å². The highest BCUT2D eigenvalue weighted by atomic mass is 19.1. The summed E-state index contributed by atoms with van der Waals surface area (Å²) >= 11 is 0. The summed E-state index contributed by atoms with van der Waals surface area (Å²) in [6.07, 6.45) is 4.54. The molecule has 2 aromatic rings. The minimum Gasteiger partial charge on any atom is -0.445 e. The molecule has 0 unspecified atom stereocenters. The number of nitrogens with zero attached hydrogens (tertiary/aromatic N) is 1. The smallest absolute Gasteiger partial charge is 0.407 e. The van der Waals surface area contributed by atoms with Gasteiger partial charge in [-0.2, -0.15) is 0 Å². The minimum atomic E-state index is -0.376. The Morgan fingerprint density at radius 3 is 2.55 bits per heavy atom. The van der Waals surface area contributed by atoms with Crippen LogP contribution in [-0.2, 0) is 17.6 Å². The van der Waals surface area contributed by atoms with Gasteiger partial charge in [0.15, 0.2) is 0 Å². The van der Waals surface area contributed by atoms with E-state index in [9.17, 15) is 4.79 Å². The Morgan fingerprint density at radius 1 is 1.18 bits per heavy atom. The van der Waals surface area contributed by atoms with Crippen LogP contribution in [0, 0.1) is 17.2 Å². The molecule has 0 aromatic heterocycles. The number of piperidine rings is 3. The summed E-state index contributed by atoms with van der Waals surface area (Å²) in [5.41, 5.74) is 4.57. The lowest BCUT2D eigenvalue weighted by Crippen LogP contribution is -2.53. The Balaban J connectivity index is 1.38. The first-order valence-electron chi connectivity index (χ1n) is 12.4. The second kappa shape index (κ2) is 8.75. The number of alkyl carbamates (subject to hydrolysis) is 1. The fourth-order valence-corrected chi connectivity index (χ4v) is 5.89. The highest BCUT2D eigenvalue weighted by Crippen LogP contribution is 2.45.